The Bertz CT molecular complexity index is 493. The average Bonchev–Trinajstić information content (AvgIpc) is 2.45. The van der Waals surface area contributed by atoms with Gasteiger partial charge in [0.25, 0.3) is 0 Å². The van der Waals surface area contributed by atoms with Crippen LogP contribution in [0.25, 0.3) is 0 Å². The van der Waals surface area contributed by atoms with Crippen molar-refractivity contribution >= 4 is 23.9 Å². The van der Waals surface area contributed by atoms with Crippen molar-refractivity contribution in [2.75, 3.05) is 18.0 Å². The molecule has 1 rings (SSSR count). The van der Waals surface area contributed by atoms with Gasteiger partial charge in [0, 0.05) is 24.3 Å². The van der Waals surface area contributed by atoms with Gasteiger partial charge in [0.1, 0.15) is 0 Å². The number of anilines is 1. The van der Waals surface area contributed by atoms with E-state index in [9.17, 15) is 4.79 Å². The summed E-state index contributed by atoms with van der Waals surface area (Å²) in [6, 6.07) is 7.05. The first kappa shape index (κ1) is 20.4. The molecule has 0 unspecified atom stereocenters. The first-order valence-electron chi connectivity index (χ1n) is 7.18. The predicted octanol–water partition coefficient (Wildman–Crippen LogP) is 3.84. The summed E-state index contributed by atoms with van der Waals surface area (Å²) in [7, 11) is 0. The Kier molecular flexibility index (Phi) is 8.13. The first-order chi connectivity index (χ1) is 9.81. The maximum Gasteiger partial charge on any atom is 0.180 e. The number of hydrogen-bond acceptors (Lipinski definition) is 3. The maximum atomic E-state index is 12.4. The number of nitrogens with two attached hydrogens (primary N) is 1. The molecule has 0 heterocycles. The number of hydrogen-bond donors (Lipinski definition) is 1. The van der Waals surface area contributed by atoms with Gasteiger partial charge in [-0.2, -0.15) is 0 Å². The molecule has 0 saturated heterocycles. The summed E-state index contributed by atoms with van der Waals surface area (Å²) in [6.07, 6.45) is 3.69. The van der Waals surface area contributed by atoms with Crippen molar-refractivity contribution in [1.29, 1.82) is 0 Å². The van der Waals surface area contributed by atoms with Crippen LogP contribution in [0.15, 0.2) is 49.6 Å². The third kappa shape index (κ3) is 5.32. The van der Waals surface area contributed by atoms with Crippen LogP contribution in [-0.2, 0) is 0 Å². The van der Waals surface area contributed by atoms with E-state index in [0.717, 1.165) is 18.8 Å². The smallest absolute Gasteiger partial charge is 0.180 e. The van der Waals surface area contributed by atoms with Crippen molar-refractivity contribution in [3.63, 3.8) is 0 Å². The van der Waals surface area contributed by atoms with Gasteiger partial charge in [-0.15, -0.1) is 25.6 Å². The van der Waals surface area contributed by atoms with E-state index in [0.29, 0.717) is 5.56 Å². The fraction of sp³-hybridized carbons (Fsp3) is 0.389. The number of carbonyl (C=O) groups excluding carboxylic acids is 1. The van der Waals surface area contributed by atoms with Gasteiger partial charge in [0.2, 0.25) is 0 Å². The highest BCUT2D eigenvalue weighted by Crippen LogP contribution is 2.22. The number of rotatable bonds is 7. The summed E-state index contributed by atoms with van der Waals surface area (Å²) in [6.45, 7) is 14.9. The Hall–Kier alpha value is -1.58. The number of nitrogens with zero attached hydrogens (tertiary/aromatic N) is 1. The second kappa shape index (κ2) is 8.76. The largest absolute Gasteiger partial charge is 0.364 e. The van der Waals surface area contributed by atoms with Crippen LogP contribution in [0.4, 0.5) is 5.69 Å². The summed E-state index contributed by atoms with van der Waals surface area (Å²) in [5.74, 6) is -0.0203. The molecule has 0 saturated carbocycles. The molecule has 1 aromatic rings. The summed E-state index contributed by atoms with van der Waals surface area (Å²) >= 11 is 0. The standard InChI is InChI=1S/C18H26N2O.ClH/c1-6-12-20(13-7-2)15-10-8-14(9-11-15)16(21)17(19)18(3,4)5;/h6-11,17H,1-2,12-13,19H2,3-5H3;1H/t17-;/m1./s1. The Morgan fingerprint density at radius 3 is 2.00 bits per heavy atom. The van der Waals surface area contributed by atoms with Crippen molar-refractivity contribution in [2.24, 2.45) is 11.1 Å². The van der Waals surface area contributed by atoms with Gasteiger partial charge >= 0.3 is 0 Å². The number of Topliss-reactive ketones (excluding diaryl/α,β-unsaturated/α-hetero) is 1. The minimum absolute atomic E-state index is 0. The summed E-state index contributed by atoms with van der Waals surface area (Å²) in [5, 5.41) is 0. The van der Waals surface area contributed by atoms with E-state index in [1.54, 1.807) is 0 Å². The van der Waals surface area contributed by atoms with Crippen molar-refractivity contribution in [1.82, 2.24) is 0 Å². The maximum absolute atomic E-state index is 12.4. The van der Waals surface area contributed by atoms with E-state index in [2.05, 4.69) is 18.1 Å². The molecule has 0 fully saturated rings. The van der Waals surface area contributed by atoms with Gasteiger partial charge in [0.15, 0.2) is 5.78 Å². The van der Waals surface area contributed by atoms with E-state index in [1.165, 1.54) is 0 Å². The minimum atomic E-state index is -0.499. The molecule has 3 nitrogen and oxygen atoms in total. The van der Waals surface area contributed by atoms with Crippen molar-refractivity contribution in [3.05, 3.63) is 55.1 Å². The Labute approximate surface area is 140 Å². The Balaban J connectivity index is 0.00000441. The zero-order chi connectivity index (χ0) is 16.0. The van der Waals surface area contributed by atoms with Crippen LogP contribution in [0.3, 0.4) is 0 Å². The van der Waals surface area contributed by atoms with E-state index in [1.807, 2.05) is 57.2 Å². The molecule has 0 aliphatic heterocycles. The lowest BCUT2D eigenvalue weighted by Crippen LogP contribution is -2.42. The fourth-order valence-electron chi connectivity index (χ4n) is 2.01. The quantitative estimate of drug-likeness (QED) is 0.613. The second-order valence-corrected chi connectivity index (χ2v) is 6.24. The molecule has 4 heteroatoms. The van der Waals surface area contributed by atoms with Crippen LogP contribution in [0.1, 0.15) is 31.1 Å². The molecule has 22 heavy (non-hydrogen) atoms. The van der Waals surface area contributed by atoms with Crippen LogP contribution in [0.5, 0.6) is 0 Å². The molecule has 122 valence electrons. The van der Waals surface area contributed by atoms with Crippen LogP contribution < -0.4 is 10.6 Å². The highest BCUT2D eigenvalue weighted by Gasteiger charge is 2.28. The van der Waals surface area contributed by atoms with Crippen LogP contribution >= 0.6 is 12.4 Å². The first-order valence-corrected chi connectivity index (χ1v) is 7.18. The van der Waals surface area contributed by atoms with Crippen LogP contribution in [0.2, 0.25) is 0 Å². The number of carbonyl (C=O) groups is 1. The Morgan fingerprint density at radius 1 is 1.18 bits per heavy atom. The summed E-state index contributed by atoms with van der Waals surface area (Å²) in [4.78, 5) is 14.5. The molecule has 0 aliphatic rings. The zero-order valence-electron chi connectivity index (χ0n) is 13.7. The van der Waals surface area contributed by atoms with E-state index >= 15 is 0 Å². The normalized spacial score (nSPS) is 12.0. The molecule has 0 aromatic heterocycles. The average molecular weight is 323 g/mol. The fourth-order valence-corrected chi connectivity index (χ4v) is 2.01. The van der Waals surface area contributed by atoms with Gasteiger partial charge in [-0.05, 0) is 29.7 Å². The van der Waals surface area contributed by atoms with Gasteiger partial charge < -0.3 is 10.6 Å². The SMILES string of the molecule is C=CCN(CC=C)c1ccc(C(=O)[C@@H](N)C(C)(C)C)cc1.Cl. The monoisotopic (exact) mass is 322 g/mol. The molecule has 0 amide bonds. The molecule has 0 aliphatic carbocycles. The lowest BCUT2D eigenvalue weighted by atomic mass is 9.83. The minimum Gasteiger partial charge on any atom is -0.364 e. The molecule has 0 spiro atoms. The highest BCUT2D eigenvalue weighted by molar-refractivity contribution is 6.00. The molecule has 2 N–H and O–H groups in total. The Morgan fingerprint density at radius 2 is 1.64 bits per heavy atom. The van der Waals surface area contributed by atoms with Gasteiger partial charge in [-0.1, -0.05) is 32.9 Å². The summed E-state index contributed by atoms with van der Waals surface area (Å²) in [5.41, 5.74) is 7.48. The van der Waals surface area contributed by atoms with Crippen molar-refractivity contribution in [2.45, 2.75) is 26.8 Å². The molecule has 1 atom stereocenters. The molecule has 0 radical (unpaired) electrons. The van der Waals surface area contributed by atoms with Crippen molar-refractivity contribution in [3.8, 4) is 0 Å². The lowest BCUT2D eigenvalue weighted by molar-refractivity contribution is 0.0901. The van der Waals surface area contributed by atoms with Gasteiger partial charge in [-0.25, -0.2) is 0 Å². The highest BCUT2D eigenvalue weighted by atomic mass is 35.5. The molecular formula is C18H27ClN2O. The lowest BCUT2D eigenvalue weighted by Gasteiger charge is -2.26. The topological polar surface area (TPSA) is 46.3 Å². The van der Waals surface area contributed by atoms with Crippen molar-refractivity contribution < 1.29 is 4.79 Å². The molecule has 0 bridgehead atoms. The van der Waals surface area contributed by atoms with E-state index < -0.39 is 6.04 Å². The van der Waals surface area contributed by atoms with E-state index in [-0.39, 0.29) is 23.6 Å². The van der Waals surface area contributed by atoms with Gasteiger partial charge in [-0.3, -0.25) is 4.79 Å². The van der Waals surface area contributed by atoms with E-state index in [4.69, 9.17) is 5.73 Å². The second-order valence-electron chi connectivity index (χ2n) is 6.24. The molecule has 1 aromatic carbocycles. The van der Waals surface area contributed by atoms with Gasteiger partial charge in [0.05, 0.1) is 6.04 Å². The predicted molar refractivity (Wildman–Crippen MR) is 98.1 cm³/mol. The number of ketones is 1. The third-order valence-corrected chi connectivity index (χ3v) is 3.43. The third-order valence-electron chi connectivity index (χ3n) is 3.43. The zero-order valence-corrected chi connectivity index (χ0v) is 14.5. The summed E-state index contributed by atoms with van der Waals surface area (Å²) < 4.78 is 0. The number of halogens is 1. The van der Waals surface area contributed by atoms with Crippen LogP contribution in [0, 0.1) is 5.41 Å². The van der Waals surface area contributed by atoms with Crippen LogP contribution in [-0.4, -0.2) is 24.9 Å². The number of benzene rings is 1. The molecular weight excluding hydrogens is 296 g/mol.